The molecule has 0 radical (unpaired) electrons. The van der Waals surface area contributed by atoms with Gasteiger partial charge in [-0.3, -0.25) is 9.63 Å². The molecule has 4 aromatic heterocycles. The molecule has 0 atom stereocenters. The van der Waals surface area contributed by atoms with Crippen molar-refractivity contribution in [3.8, 4) is 11.6 Å². The second-order valence-corrected chi connectivity index (χ2v) is 10.8. The number of nitrogens with zero attached hydrogens (tertiary/aromatic N) is 7. The summed E-state index contributed by atoms with van der Waals surface area (Å²) in [6.45, 7) is 0. The SMILES string of the molecule is CON(C)C(=O)c1cn(-c2ccccn2)nc1CCc1ccc(F)cc1.O=C(O)c1cn(-c2ccccn2)nc1CCc1ccc(F)cc1. The standard InChI is InChI=1S/C19H19FN4O2.C17H14FN3O2/c1-23(26-2)19(25)16-13-24(18-5-3-4-12-21-18)22-17(16)11-8-14-6-9-15(20)10-7-14;18-13-7-4-12(5-8-13)6-9-15-14(17(22)23)11-21(20-15)16-3-1-2-10-19-16/h3-7,9-10,12-13H,8,11H2,1-2H3;1-5,7-8,10-11H,6,9H2,(H,22,23). The third-order valence-corrected chi connectivity index (χ3v) is 7.50. The van der Waals surface area contributed by atoms with Crippen molar-refractivity contribution in [3.05, 3.63) is 155 Å². The van der Waals surface area contributed by atoms with Crippen molar-refractivity contribution in [1.29, 1.82) is 0 Å². The van der Waals surface area contributed by atoms with E-state index in [9.17, 15) is 23.5 Å². The summed E-state index contributed by atoms with van der Waals surface area (Å²) in [5, 5.41) is 19.4. The van der Waals surface area contributed by atoms with E-state index in [-0.39, 0.29) is 23.1 Å². The van der Waals surface area contributed by atoms with Gasteiger partial charge in [-0.05, 0) is 85.3 Å². The number of pyridine rings is 2. The highest BCUT2D eigenvalue weighted by atomic mass is 19.1. The molecule has 0 fully saturated rings. The smallest absolute Gasteiger partial charge is 0.339 e. The summed E-state index contributed by atoms with van der Waals surface area (Å²) in [6.07, 6.45) is 8.60. The maximum absolute atomic E-state index is 13.1. The molecule has 13 heteroatoms. The highest BCUT2D eigenvalue weighted by Gasteiger charge is 2.21. The summed E-state index contributed by atoms with van der Waals surface area (Å²) < 4.78 is 29.0. The van der Waals surface area contributed by atoms with Gasteiger partial charge in [-0.2, -0.15) is 10.2 Å². The van der Waals surface area contributed by atoms with Crippen molar-refractivity contribution >= 4 is 11.9 Å². The first kappa shape index (κ1) is 34.3. The molecule has 6 aromatic rings. The number of hydroxylamine groups is 2. The normalized spacial score (nSPS) is 10.7. The van der Waals surface area contributed by atoms with Crippen molar-refractivity contribution < 1.29 is 28.3 Å². The number of aromatic nitrogens is 6. The number of aryl methyl sites for hydroxylation is 4. The molecule has 0 saturated carbocycles. The topological polar surface area (TPSA) is 128 Å². The number of carbonyl (C=O) groups excluding carboxylic acids is 1. The Morgan fingerprint density at radius 1 is 0.694 bits per heavy atom. The van der Waals surface area contributed by atoms with Crippen LogP contribution in [0, 0.1) is 11.6 Å². The number of halogens is 2. The van der Waals surface area contributed by atoms with Crippen LogP contribution in [0.2, 0.25) is 0 Å². The molecule has 11 nitrogen and oxygen atoms in total. The first-order chi connectivity index (χ1) is 23.7. The van der Waals surface area contributed by atoms with Gasteiger partial charge in [-0.25, -0.2) is 38.0 Å². The maximum Gasteiger partial charge on any atom is 0.339 e. The fourth-order valence-electron chi connectivity index (χ4n) is 4.84. The maximum atomic E-state index is 13.1. The van der Waals surface area contributed by atoms with Gasteiger partial charge in [0, 0.05) is 31.8 Å². The van der Waals surface area contributed by atoms with Crippen LogP contribution < -0.4 is 0 Å². The van der Waals surface area contributed by atoms with E-state index >= 15 is 0 Å². The Labute approximate surface area is 281 Å². The number of carboxylic acid groups (broad SMARTS) is 1. The molecule has 2 aromatic carbocycles. The largest absolute Gasteiger partial charge is 0.478 e. The molecule has 0 aliphatic heterocycles. The molecule has 0 aliphatic carbocycles. The van der Waals surface area contributed by atoms with Crippen LogP contribution in [0.4, 0.5) is 8.78 Å². The molecular weight excluding hydrogens is 632 g/mol. The Morgan fingerprint density at radius 3 is 1.55 bits per heavy atom. The van der Waals surface area contributed by atoms with Crippen LogP contribution in [0.3, 0.4) is 0 Å². The van der Waals surface area contributed by atoms with Crippen molar-refractivity contribution in [2.75, 3.05) is 14.2 Å². The van der Waals surface area contributed by atoms with Crippen LogP contribution in [0.15, 0.2) is 110 Å². The lowest BCUT2D eigenvalue weighted by atomic mass is 10.1. The van der Waals surface area contributed by atoms with Gasteiger partial charge < -0.3 is 5.11 Å². The minimum absolute atomic E-state index is 0.151. The van der Waals surface area contributed by atoms with Gasteiger partial charge in [0.2, 0.25) is 0 Å². The monoisotopic (exact) mass is 665 g/mol. The summed E-state index contributed by atoms with van der Waals surface area (Å²) in [5.41, 5.74) is 3.61. The first-order valence-electron chi connectivity index (χ1n) is 15.3. The van der Waals surface area contributed by atoms with Crippen LogP contribution in [0.25, 0.3) is 11.6 Å². The first-order valence-corrected chi connectivity index (χ1v) is 15.3. The van der Waals surface area contributed by atoms with Crippen molar-refractivity contribution in [2.24, 2.45) is 0 Å². The summed E-state index contributed by atoms with van der Waals surface area (Å²) in [5.74, 6) is -0.701. The third-order valence-electron chi connectivity index (χ3n) is 7.50. The molecule has 49 heavy (non-hydrogen) atoms. The second kappa shape index (κ2) is 16.2. The molecule has 0 bridgehead atoms. The average molecular weight is 666 g/mol. The molecule has 0 aliphatic rings. The summed E-state index contributed by atoms with van der Waals surface area (Å²) in [7, 11) is 2.98. The van der Waals surface area contributed by atoms with Crippen molar-refractivity contribution in [3.63, 3.8) is 0 Å². The van der Waals surface area contributed by atoms with Crippen LogP contribution in [0.1, 0.15) is 43.2 Å². The average Bonchev–Trinajstić information content (AvgIpc) is 3.77. The van der Waals surface area contributed by atoms with Gasteiger partial charge >= 0.3 is 5.97 Å². The van der Waals surface area contributed by atoms with E-state index in [0.29, 0.717) is 54.3 Å². The van der Waals surface area contributed by atoms with E-state index in [0.717, 1.165) is 16.2 Å². The van der Waals surface area contributed by atoms with E-state index in [1.54, 1.807) is 66.7 Å². The second-order valence-electron chi connectivity index (χ2n) is 10.8. The highest BCUT2D eigenvalue weighted by Crippen LogP contribution is 2.17. The Morgan fingerprint density at radius 2 is 1.14 bits per heavy atom. The van der Waals surface area contributed by atoms with E-state index in [2.05, 4.69) is 20.2 Å². The zero-order valence-corrected chi connectivity index (χ0v) is 26.8. The number of benzene rings is 2. The highest BCUT2D eigenvalue weighted by molar-refractivity contribution is 5.94. The van der Waals surface area contributed by atoms with Gasteiger partial charge in [0.25, 0.3) is 5.91 Å². The molecule has 1 amide bonds. The lowest BCUT2D eigenvalue weighted by Gasteiger charge is -2.13. The predicted octanol–water partition coefficient (Wildman–Crippen LogP) is 5.71. The number of amides is 1. The van der Waals surface area contributed by atoms with E-state index in [1.807, 2.05) is 24.3 Å². The lowest BCUT2D eigenvalue weighted by molar-refractivity contribution is -0.0757. The fraction of sp³-hybridized carbons (Fsp3) is 0.167. The number of rotatable bonds is 11. The van der Waals surface area contributed by atoms with Gasteiger partial charge in [-0.1, -0.05) is 36.4 Å². The number of carbonyl (C=O) groups is 2. The van der Waals surface area contributed by atoms with Crippen molar-refractivity contribution in [2.45, 2.75) is 25.7 Å². The lowest BCUT2D eigenvalue weighted by Crippen LogP contribution is -2.26. The minimum Gasteiger partial charge on any atom is -0.478 e. The van der Waals surface area contributed by atoms with Gasteiger partial charge in [0.15, 0.2) is 11.6 Å². The van der Waals surface area contributed by atoms with Gasteiger partial charge in [0.05, 0.1) is 24.1 Å². The van der Waals surface area contributed by atoms with Gasteiger partial charge in [-0.15, -0.1) is 0 Å². The Bertz CT molecular complexity index is 1980. The molecule has 0 spiro atoms. The molecule has 4 heterocycles. The van der Waals surface area contributed by atoms with Crippen LogP contribution >= 0.6 is 0 Å². The molecule has 1 N–H and O–H groups in total. The zero-order valence-electron chi connectivity index (χ0n) is 26.8. The summed E-state index contributed by atoms with van der Waals surface area (Å²) in [4.78, 5) is 37.4. The Kier molecular flexibility index (Phi) is 11.3. The number of hydrogen-bond acceptors (Lipinski definition) is 7. The number of hydrogen-bond donors (Lipinski definition) is 1. The number of aromatic carboxylic acids is 1. The molecule has 0 saturated heterocycles. The molecule has 250 valence electrons. The molecule has 0 unspecified atom stereocenters. The predicted molar refractivity (Wildman–Crippen MR) is 176 cm³/mol. The summed E-state index contributed by atoms with van der Waals surface area (Å²) >= 11 is 0. The van der Waals surface area contributed by atoms with E-state index in [1.165, 1.54) is 42.3 Å². The van der Waals surface area contributed by atoms with Crippen LogP contribution in [-0.2, 0) is 30.5 Å². The van der Waals surface area contributed by atoms with E-state index in [4.69, 9.17) is 4.84 Å². The van der Waals surface area contributed by atoms with Crippen LogP contribution in [0.5, 0.6) is 0 Å². The van der Waals surface area contributed by atoms with E-state index < -0.39 is 5.97 Å². The summed E-state index contributed by atoms with van der Waals surface area (Å²) in [6, 6.07) is 23.3. The van der Waals surface area contributed by atoms with Gasteiger partial charge in [0.1, 0.15) is 17.2 Å². The Balaban J connectivity index is 0.000000192. The quantitative estimate of drug-likeness (QED) is 0.174. The molecule has 6 rings (SSSR count). The fourth-order valence-corrected chi connectivity index (χ4v) is 4.84. The van der Waals surface area contributed by atoms with Crippen LogP contribution in [-0.4, -0.2) is 65.7 Å². The third kappa shape index (κ3) is 9.05. The minimum atomic E-state index is -1.03. The molecular formula is C36H33F2N7O4. The van der Waals surface area contributed by atoms with Crippen molar-refractivity contribution in [1.82, 2.24) is 34.6 Å². The zero-order chi connectivity index (χ0) is 34.8. The number of carboxylic acids is 1. The Hall–Kier alpha value is -6.08.